The van der Waals surface area contributed by atoms with Gasteiger partial charge in [-0.3, -0.25) is 4.79 Å². The van der Waals surface area contributed by atoms with Gasteiger partial charge in [0.2, 0.25) is 10.0 Å². The molecule has 0 radical (unpaired) electrons. The fourth-order valence-corrected chi connectivity index (χ4v) is 4.66. The maximum absolute atomic E-state index is 12.5. The first-order chi connectivity index (χ1) is 13.8. The lowest BCUT2D eigenvalue weighted by Crippen LogP contribution is -2.19. The summed E-state index contributed by atoms with van der Waals surface area (Å²) >= 11 is 1.25. The van der Waals surface area contributed by atoms with E-state index < -0.39 is 10.0 Å². The zero-order valence-electron chi connectivity index (χ0n) is 16.3. The molecule has 0 unspecified atom stereocenters. The molecule has 29 heavy (non-hydrogen) atoms. The molecule has 0 aliphatic carbocycles. The zero-order chi connectivity index (χ0) is 21.0. The van der Waals surface area contributed by atoms with Crippen molar-refractivity contribution in [2.45, 2.75) is 31.2 Å². The lowest BCUT2D eigenvalue weighted by molar-refractivity contribution is -0.117. The smallest absolute Gasteiger partial charge is 0.252 e. The Morgan fingerprint density at radius 1 is 1.17 bits per heavy atom. The molecule has 0 bridgehead atoms. The van der Waals surface area contributed by atoms with E-state index in [0.29, 0.717) is 22.7 Å². The number of ether oxygens (including phenoxy) is 1. The number of carbonyl (C=O) groups excluding carboxylic acids is 1. The summed E-state index contributed by atoms with van der Waals surface area (Å²) in [4.78, 5) is 17.4. The van der Waals surface area contributed by atoms with Crippen LogP contribution in [-0.4, -0.2) is 32.6 Å². The van der Waals surface area contributed by atoms with E-state index in [0.717, 1.165) is 17.5 Å². The number of carbonyl (C=O) groups is 1. The second-order valence-electron chi connectivity index (χ2n) is 6.56. The number of benzene rings is 2. The molecule has 0 fully saturated rings. The van der Waals surface area contributed by atoms with Crippen molar-refractivity contribution < 1.29 is 17.9 Å². The third kappa shape index (κ3) is 5.18. The van der Waals surface area contributed by atoms with Crippen molar-refractivity contribution >= 4 is 37.5 Å². The highest BCUT2D eigenvalue weighted by molar-refractivity contribution is 7.89. The van der Waals surface area contributed by atoms with E-state index in [1.807, 2.05) is 28.8 Å². The van der Waals surface area contributed by atoms with Crippen molar-refractivity contribution in [2.24, 2.45) is 10.1 Å². The summed E-state index contributed by atoms with van der Waals surface area (Å²) in [6, 6.07) is 12.5. The van der Waals surface area contributed by atoms with E-state index in [-0.39, 0.29) is 17.2 Å². The number of hydrogen-bond donors (Lipinski definition) is 1. The van der Waals surface area contributed by atoms with Crippen LogP contribution in [0.1, 0.15) is 18.1 Å². The Morgan fingerprint density at radius 2 is 1.86 bits per heavy atom. The van der Waals surface area contributed by atoms with Gasteiger partial charge in [-0.05, 0) is 35.7 Å². The van der Waals surface area contributed by atoms with E-state index in [2.05, 4.69) is 11.9 Å². The van der Waals surface area contributed by atoms with Gasteiger partial charge < -0.3 is 9.30 Å². The van der Waals surface area contributed by atoms with Crippen molar-refractivity contribution in [2.75, 3.05) is 13.7 Å². The summed E-state index contributed by atoms with van der Waals surface area (Å²) in [6.07, 6.45) is 1.14. The minimum Gasteiger partial charge on any atom is -0.383 e. The minimum atomic E-state index is -3.81. The monoisotopic (exact) mass is 433 g/mol. The van der Waals surface area contributed by atoms with Gasteiger partial charge in [-0.25, -0.2) is 13.6 Å². The van der Waals surface area contributed by atoms with Gasteiger partial charge in [-0.2, -0.15) is 4.99 Å². The largest absolute Gasteiger partial charge is 0.383 e. The van der Waals surface area contributed by atoms with E-state index in [9.17, 15) is 13.2 Å². The number of fused-ring (bicyclic) bond motifs is 1. The van der Waals surface area contributed by atoms with Gasteiger partial charge >= 0.3 is 0 Å². The zero-order valence-corrected chi connectivity index (χ0v) is 17.9. The summed E-state index contributed by atoms with van der Waals surface area (Å²) in [6.45, 7) is 3.00. The number of primary sulfonamides is 1. The molecular weight excluding hydrogens is 410 g/mol. The number of thiazole rings is 1. The Balaban J connectivity index is 1.99. The minimum absolute atomic E-state index is 0.0269. The molecule has 2 N–H and O–H groups in total. The molecule has 0 saturated carbocycles. The first-order valence-electron chi connectivity index (χ1n) is 9.12. The van der Waals surface area contributed by atoms with Crippen molar-refractivity contribution in [1.29, 1.82) is 0 Å². The van der Waals surface area contributed by atoms with Crippen LogP contribution in [0.5, 0.6) is 0 Å². The number of amides is 1. The molecule has 154 valence electrons. The summed E-state index contributed by atoms with van der Waals surface area (Å²) in [5.74, 6) is -0.265. The number of methoxy groups -OCH3 is 1. The van der Waals surface area contributed by atoms with Gasteiger partial charge in [0, 0.05) is 13.7 Å². The van der Waals surface area contributed by atoms with Crippen molar-refractivity contribution in [3.63, 3.8) is 0 Å². The fraction of sp³-hybridized carbons (Fsp3) is 0.300. The SMILES string of the molecule is CCc1ccc(CC(=O)N=c2sc3cc(S(N)(=O)=O)ccc3n2CCOC)cc1. The molecule has 3 aromatic rings. The molecule has 0 spiro atoms. The molecular formula is C20H23N3O4S2. The first-order valence-corrected chi connectivity index (χ1v) is 11.5. The number of rotatable bonds is 7. The van der Waals surface area contributed by atoms with E-state index in [1.165, 1.54) is 29.0 Å². The Kier molecular flexibility index (Phi) is 6.63. The average Bonchev–Trinajstić information content (AvgIpc) is 3.02. The van der Waals surface area contributed by atoms with Crippen molar-refractivity contribution in [3.05, 3.63) is 58.4 Å². The molecule has 0 aliphatic rings. The topological polar surface area (TPSA) is 104 Å². The van der Waals surface area contributed by atoms with Crippen LogP contribution in [0.4, 0.5) is 0 Å². The molecule has 0 aliphatic heterocycles. The van der Waals surface area contributed by atoms with Gasteiger partial charge in [0.25, 0.3) is 5.91 Å². The highest BCUT2D eigenvalue weighted by Gasteiger charge is 2.13. The number of aromatic nitrogens is 1. The van der Waals surface area contributed by atoms with Crippen molar-refractivity contribution in [3.8, 4) is 0 Å². The van der Waals surface area contributed by atoms with Crippen LogP contribution >= 0.6 is 11.3 Å². The highest BCUT2D eigenvalue weighted by atomic mass is 32.2. The van der Waals surface area contributed by atoms with Crippen LogP contribution in [0.15, 0.2) is 52.4 Å². The number of nitrogens with two attached hydrogens (primary N) is 1. The second-order valence-corrected chi connectivity index (χ2v) is 9.13. The molecule has 9 heteroatoms. The molecule has 2 aromatic carbocycles. The summed E-state index contributed by atoms with van der Waals surface area (Å²) < 4.78 is 31.0. The van der Waals surface area contributed by atoms with E-state index >= 15 is 0 Å². The van der Waals surface area contributed by atoms with Crippen molar-refractivity contribution in [1.82, 2.24) is 4.57 Å². The quantitative estimate of drug-likeness (QED) is 0.617. The molecule has 1 amide bonds. The maximum Gasteiger partial charge on any atom is 0.252 e. The van der Waals surface area contributed by atoms with Crippen LogP contribution in [0, 0.1) is 0 Å². The van der Waals surface area contributed by atoms with Crippen LogP contribution in [0.3, 0.4) is 0 Å². The summed E-state index contributed by atoms with van der Waals surface area (Å²) in [7, 11) is -2.22. The molecule has 1 heterocycles. The predicted octanol–water partition coefficient (Wildman–Crippen LogP) is 2.23. The molecule has 7 nitrogen and oxygen atoms in total. The van der Waals surface area contributed by atoms with E-state index in [4.69, 9.17) is 9.88 Å². The summed E-state index contributed by atoms with van der Waals surface area (Å²) in [5.41, 5.74) is 2.89. The van der Waals surface area contributed by atoms with Gasteiger partial charge in [-0.1, -0.05) is 42.5 Å². The third-order valence-corrected chi connectivity index (χ3v) is 6.46. The van der Waals surface area contributed by atoms with Gasteiger partial charge in [0.15, 0.2) is 4.80 Å². The lowest BCUT2D eigenvalue weighted by Gasteiger charge is -2.05. The van der Waals surface area contributed by atoms with Crippen LogP contribution < -0.4 is 9.94 Å². The second kappa shape index (κ2) is 9.00. The number of aryl methyl sites for hydroxylation is 1. The third-order valence-electron chi connectivity index (χ3n) is 4.51. The van der Waals surface area contributed by atoms with Crippen LogP contribution in [0.25, 0.3) is 10.2 Å². The van der Waals surface area contributed by atoms with Gasteiger partial charge in [-0.15, -0.1) is 0 Å². The fourth-order valence-electron chi connectivity index (χ4n) is 2.93. The maximum atomic E-state index is 12.5. The number of nitrogens with zero attached hydrogens (tertiary/aromatic N) is 2. The Morgan fingerprint density at radius 3 is 2.48 bits per heavy atom. The number of hydrogen-bond acceptors (Lipinski definition) is 5. The van der Waals surface area contributed by atoms with Crippen LogP contribution in [0.2, 0.25) is 0 Å². The average molecular weight is 434 g/mol. The lowest BCUT2D eigenvalue weighted by atomic mass is 10.1. The number of sulfonamides is 1. The Bertz CT molecular complexity index is 1190. The standard InChI is InChI=1S/C20H23N3O4S2/c1-3-14-4-6-15(7-5-14)12-19(24)22-20-23(10-11-27-2)17-9-8-16(29(21,25)26)13-18(17)28-20/h4-9,13H,3,10-12H2,1-2H3,(H2,21,25,26). The Labute approximate surface area is 173 Å². The highest BCUT2D eigenvalue weighted by Crippen LogP contribution is 2.21. The molecule has 3 rings (SSSR count). The van der Waals surface area contributed by atoms with Gasteiger partial charge in [0.05, 0.1) is 28.1 Å². The molecule has 1 aromatic heterocycles. The molecule has 0 saturated heterocycles. The van der Waals surface area contributed by atoms with E-state index in [1.54, 1.807) is 13.2 Å². The molecule has 0 atom stereocenters. The summed E-state index contributed by atoms with van der Waals surface area (Å²) in [5, 5.41) is 5.23. The van der Waals surface area contributed by atoms with Gasteiger partial charge in [0.1, 0.15) is 0 Å². The Hall–Kier alpha value is -2.33. The van der Waals surface area contributed by atoms with Crippen LogP contribution in [-0.2, 0) is 38.9 Å². The first kappa shape index (κ1) is 21.4. The predicted molar refractivity (Wildman–Crippen MR) is 113 cm³/mol. The normalized spacial score (nSPS) is 12.6.